The van der Waals surface area contributed by atoms with Gasteiger partial charge in [0.1, 0.15) is 18.3 Å². The highest BCUT2D eigenvalue weighted by molar-refractivity contribution is 5.87. The molecular formula is C41H56O7. The quantitative estimate of drug-likeness (QED) is 0.192. The molecule has 2 saturated heterocycles. The van der Waals surface area contributed by atoms with E-state index < -0.39 is 6.29 Å². The highest BCUT2D eigenvalue weighted by Gasteiger charge is 2.86. The van der Waals surface area contributed by atoms with Gasteiger partial charge in [0.2, 0.25) is 0 Å². The maximum absolute atomic E-state index is 13.1. The second-order valence-electron chi connectivity index (χ2n) is 18.5. The number of carbonyl (C=O) groups excluding carboxylic acids is 2. The highest BCUT2D eigenvalue weighted by Crippen LogP contribution is 2.91. The predicted molar refractivity (Wildman–Crippen MR) is 181 cm³/mol. The van der Waals surface area contributed by atoms with Crippen molar-refractivity contribution in [2.75, 3.05) is 0 Å². The lowest BCUT2D eigenvalue weighted by Crippen LogP contribution is -2.67. The van der Waals surface area contributed by atoms with Gasteiger partial charge in [-0.3, -0.25) is 4.79 Å². The smallest absolute Gasteiger partial charge is 0.331 e. The second-order valence-corrected chi connectivity index (χ2v) is 18.5. The maximum Gasteiger partial charge on any atom is 0.331 e. The molecule has 0 amide bonds. The molecule has 8 rings (SSSR count). The van der Waals surface area contributed by atoms with Crippen LogP contribution in [0.4, 0.5) is 0 Å². The van der Waals surface area contributed by atoms with Crippen molar-refractivity contribution in [3.05, 3.63) is 42.0 Å². The SMILES string of the molecule is CC(=O)O[C@@H]1C[C@H]2C(C)(C)[C@H](OC(=O)/C=C/c3ccccc3)CC[C@]2(C)[C@H]2CC[C@]34C[C@]3(CC[C@H]4[C@H]3CC(C4OC4(C)C)OC3O)[C@@]21C. The van der Waals surface area contributed by atoms with Gasteiger partial charge in [0, 0.05) is 29.7 Å². The molecule has 7 nitrogen and oxygen atoms in total. The summed E-state index contributed by atoms with van der Waals surface area (Å²) in [5, 5.41) is 11.3. The van der Waals surface area contributed by atoms with Crippen molar-refractivity contribution in [2.45, 2.75) is 143 Å². The molecule has 2 heterocycles. The van der Waals surface area contributed by atoms with Crippen LogP contribution in [-0.4, -0.2) is 53.4 Å². The molecule has 1 aromatic carbocycles. The van der Waals surface area contributed by atoms with Crippen LogP contribution in [0.2, 0.25) is 0 Å². The van der Waals surface area contributed by atoms with E-state index in [0.717, 1.165) is 63.4 Å². The third kappa shape index (κ3) is 4.48. The first kappa shape index (κ1) is 33.0. The maximum atomic E-state index is 13.1. The number of benzene rings is 1. The number of ether oxygens (including phenoxy) is 4. The molecule has 7 heteroatoms. The van der Waals surface area contributed by atoms with Crippen LogP contribution in [-0.2, 0) is 28.5 Å². The van der Waals surface area contributed by atoms with Crippen LogP contribution in [0.5, 0.6) is 0 Å². The third-order valence-electron chi connectivity index (χ3n) is 15.9. The summed E-state index contributed by atoms with van der Waals surface area (Å²) in [7, 11) is 0. The van der Waals surface area contributed by atoms with Crippen LogP contribution in [0.3, 0.4) is 0 Å². The summed E-state index contributed by atoms with van der Waals surface area (Å²) >= 11 is 0. The molecule has 0 aromatic heterocycles. The van der Waals surface area contributed by atoms with E-state index in [2.05, 4.69) is 41.5 Å². The molecule has 1 N–H and O–H groups in total. The second kappa shape index (κ2) is 10.6. The van der Waals surface area contributed by atoms with Crippen molar-refractivity contribution >= 4 is 18.0 Å². The lowest BCUT2D eigenvalue weighted by atomic mass is 9.37. The number of aliphatic hydroxyl groups is 1. The summed E-state index contributed by atoms with van der Waals surface area (Å²) in [4.78, 5) is 26.0. The lowest BCUT2D eigenvalue weighted by molar-refractivity contribution is -0.251. The van der Waals surface area contributed by atoms with E-state index in [1.807, 2.05) is 36.4 Å². The van der Waals surface area contributed by atoms with Gasteiger partial charge in [-0.25, -0.2) is 4.79 Å². The molecule has 7 aliphatic rings. The molecule has 1 aromatic rings. The fraction of sp³-hybridized carbons (Fsp3) is 0.756. The van der Waals surface area contributed by atoms with Gasteiger partial charge < -0.3 is 24.1 Å². The fourth-order valence-corrected chi connectivity index (χ4v) is 13.8. The zero-order valence-electron chi connectivity index (χ0n) is 30.0. The summed E-state index contributed by atoms with van der Waals surface area (Å²) in [6, 6.07) is 9.83. The van der Waals surface area contributed by atoms with Gasteiger partial charge in [-0.05, 0) is 117 Å². The van der Waals surface area contributed by atoms with Crippen LogP contribution >= 0.6 is 0 Å². The normalized spacial score (nSPS) is 49.3. The van der Waals surface area contributed by atoms with Crippen molar-refractivity contribution in [1.29, 1.82) is 0 Å². The zero-order chi connectivity index (χ0) is 34.1. The number of hydrogen-bond acceptors (Lipinski definition) is 7. The highest BCUT2D eigenvalue weighted by atomic mass is 16.7. The van der Waals surface area contributed by atoms with E-state index >= 15 is 0 Å². The van der Waals surface area contributed by atoms with E-state index in [0.29, 0.717) is 11.8 Å². The first-order chi connectivity index (χ1) is 22.6. The van der Waals surface area contributed by atoms with Gasteiger partial charge in [0.15, 0.2) is 6.29 Å². The van der Waals surface area contributed by atoms with Crippen LogP contribution in [0.1, 0.15) is 112 Å². The van der Waals surface area contributed by atoms with E-state index in [-0.39, 0.29) is 80.9 Å². The Balaban J connectivity index is 1.06. The summed E-state index contributed by atoms with van der Waals surface area (Å²) in [6.45, 7) is 15.3. The van der Waals surface area contributed by atoms with E-state index in [9.17, 15) is 14.7 Å². The molecule has 0 bridgehead atoms. The average molecular weight is 661 g/mol. The van der Waals surface area contributed by atoms with Crippen LogP contribution in [0.15, 0.2) is 36.4 Å². The third-order valence-corrected chi connectivity index (χ3v) is 15.9. The molecule has 48 heavy (non-hydrogen) atoms. The van der Waals surface area contributed by atoms with E-state index in [1.54, 1.807) is 13.0 Å². The number of fused-ring (bicyclic) bond motifs is 3. The minimum absolute atomic E-state index is 0.0369. The Morgan fingerprint density at radius 1 is 0.896 bits per heavy atom. The number of hydrogen-bond donors (Lipinski definition) is 1. The summed E-state index contributed by atoms with van der Waals surface area (Å²) in [5.74, 6) is 0.670. The summed E-state index contributed by atoms with van der Waals surface area (Å²) in [6.07, 6.45) is 11.4. The van der Waals surface area contributed by atoms with Crippen molar-refractivity contribution < 1.29 is 33.6 Å². The molecule has 2 aliphatic heterocycles. The Hall–Kier alpha value is -2.22. The minimum Gasteiger partial charge on any atom is -0.462 e. The van der Waals surface area contributed by atoms with Crippen molar-refractivity contribution in [3.63, 3.8) is 0 Å². The van der Waals surface area contributed by atoms with Gasteiger partial charge in [-0.1, -0.05) is 58.0 Å². The van der Waals surface area contributed by atoms with Crippen LogP contribution < -0.4 is 0 Å². The number of esters is 2. The molecule has 0 spiro atoms. The first-order valence-electron chi connectivity index (χ1n) is 18.7. The fourth-order valence-electron chi connectivity index (χ4n) is 13.8. The van der Waals surface area contributed by atoms with E-state index in [4.69, 9.17) is 18.9 Å². The van der Waals surface area contributed by atoms with Crippen molar-refractivity contribution in [2.24, 2.45) is 50.7 Å². The van der Waals surface area contributed by atoms with Gasteiger partial charge >= 0.3 is 11.9 Å². The van der Waals surface area contributed by atoms with Crippen LogP contribution in [0, 0.1) is 50.7 Å². The number of rotatable bonds is 6. The van der Waals surface area contributed by atoms with Gasteiger partial charge in [-0.2, -0.15) is 0 Å². The predicted octanol–water partition coefficient (Wildman–Crippen LogP) is 7.49. The lowest BCUT2D eigenvalue weighted by Gasteiger charge is -2.68. The van der Waals surface area contributed by atoms with E-state index in [1.165, 1.54) is 0 Å². The monoisotopic (exact) mass is 660 g/mol. The molecule has 13 atom stereocenters. The topological polar surface area (TPSA) is 94.6 Å². The summed E-state index contributed by atoms with van der Waals surface area (Å²) in [5.41, 5.74) is 0.670. The van der Waals surface area contributed by atoms with Gasteiger partial charge in [0.25, 0.3) is 0 Å². The first-order valence-corrected chi connectivity index (χ1v) is 18.7. The zero-order valence-corrected chi connectivity index (χ0v) is 30.0. The standard InChI is InChI=1S/C41H56O7/c1-24(42)45-32-22-30-36(2,3)31(47-33(43)14-13-25-11-9-8-10-12-25)17-18-38(30,6)29-16-19-40-23-41(40,39(29,32)7)20-15-27(40)26-21-28(46-35(26)44)34-37(4,5)48-34/h8-14,26-32,34-35,44H,15-23H2,1-7H3/b14-13+/t26-,27+,28?,29-,30+,31-,32-,34?,35?,38-,39+,40-,41-/m1/s1. The number of epoxide rings is 1. The van der Waals surface area contributed by atoms with Gasteiger partial charge in [0.05, 0.1) is 11.7 Å². The molecule has 5 saturated carbocycles. The Bertz CT molecular complexity index is 1500. The molecule has 0 radical (unpaired) electrons. The molecule has 5 aliphatic carbocycles. The molecule has 7 fully saturated rings. The average Bonchev–Trinajstić information content (AvgIpc) is 3.78. The molecule has 3 unspecified atom stereocenters. The minimum atomic E-state index is -0.741. The van der Waals surface area contributed by atoms with Crippen molar-refractivity contribution in [1.82, 2.24) is 0 Å². The Kier molecular flexibility index (Phi) is 7.31. The number of aliphatic hydroxyl groups excluding tert-OH is 1. The molecular weight excluding hydrogens is 604 g/mol. The Labute approximate surface area is 286 Å². The molecule has 262 valence electrons. The van der Waals surface area contributed by atoms with Crippen molar-refractivity contribution in [3.8, 4) is 0 Å². The van der Waals surface area contributed by atoms with Crippen LogP contribution in [0.25, 0.3) is 6.08 Å². The summed E-state index contributed by atoms with van der Waals surface area (Å²) < 4.78 is 24.9. The number of carbonyl (C=O) groups is 2. The largest absolute Gasteiger partial charge is 0.462 e. The Morgan fingerprint density at radius 3 is 2.31 bits per heavy atom. The Morgan fingerprint density at radius 2 is 1.62 bits per heavy atom. The van der Waals surface area contributed by atoms with Gasteiger partial charge in [-0.15, -0.1) is 0 Å².